The highest BCUT2D eigenvalue weighted by Crippen LogP contribution is 2.36. The van der Waals surface area contributed by atoms with E-state index in [9.17, 15) is 27.6 Å². The first kappa shape index (κ1) is 31.7. The van der Waals surface area contributed by atoms with E-state index in [1.54, 1.807) is 14.0 Å². The van der Waals surface area contributed by atoms with Gasteiger partial charge in [0.05, 0.1) is 16.8 Å². The second-order valence-corrected chi connectivity index (χ2v) is 10.9. The van der Waals surface area contributed by atoms with Crippen LogP contribution in [0.2, 0.25) is 0 Å². The van der Waals surface area contributed by atoms with Gasteiger partial charge in [-0.3, -0.25) is 9.59 Å². The normalized spacial score (nSPS) is 23.6. The summed E-state index contributed by atoms with van der Waals surface area (Å²) >= 11 is 0. The third kappa shape index (κ3) is 7.66. The molecule has 1 aromatic carbocycles. The Kier molecular flexibility index (Phi) is 10.8. The van der Waals surface area contributed by atoms with Crippen LogP contribution in [0.15, 0.2) is 18.2 Å². The van der Waals surface area contributed by atoms with Crippen molar-refractivity contribution in [1.82, 2.24) is 20.4 Å². The number of hydrogen-bond donors (Lipinski definition) is 3. The Balaban J connectivity index is 1.76. The maximum atomic E-state index is 13.5. The number of likely N-dealkylation sites (tertiary alicyclic amines) is 1. The highest BCUT2D eigenvalue weighted by molar-refractivity contribution is 6.05. The van der Waals surface area contributed by atoms with E-state index < -0.39 is 29.7 Å². The molecule has 0 aromatic heterocycles. The van der Waals surface area contributed by atoms with Gasteiger partial charge in [0.15, 0.2) is 0 Å². The maximum absolute atomic E-state index is 13.5. The van der Waals surface area contributed by atoms with Crippen LogP contribution in [0.3, 0.4) is 0 Å². The van der Waals surface area contributed by atoms with Crippen LogP contribution in [-0.2, 0) is 15.7 Å². The van der Waals surface area contributed by atoms with Crippen LogP contribution in [0.5, 0.6) is 0 Å². The van der Waals surface area contributed by atoms with Crippen molar-refractivity contribution in [2.75, 3.05) is 39.2 Å². The molecule has 224 valence electrons. The molecule has 2 aliphatic rings. The number of carbonyl (C=O) groups is 3. The molecule has 4 atom stereocenters. The van der Waals surface area contributed by atoms with Gasteiger partial charge in [0.1, 0.15) is 6.04 Å². The first-order chi connectivity index (χ1) is 18.9. The average Bonchev–Trinajstić information content (AvgIpc) is 3.25. The van der Waals surface area contributed by atoms with Crippen LogP contribution in [0.4, 0.5) is 23.7 Å². The van der Waals surface area contributed by atoms with Crippen molar-refractivity contribution in [3.8, 4) is 0 Å². The lowest BCUT2D eigenvalue weighted by Gasteiger charge is -2.44. The summed E-state index contributed by atoms with van der Waals surface area (Å²) in [5.74, 6) is -0.854. The van der Waals surface area contributed by atoms with E-state index in [0.717, 1.165) is 37.8 Å². The summed E-state index contributed by atoms with van der Waals surface area (Å²) in [6.45, 7) is 7.34. The number of hydrogen-bond acceptors (Lipinski definition) is 5. The molecular weight excluding hydrogens is 527 g/mol. The van der Waals surface area contributed by atoms with Gasteiger partial charge < -0.3 is 30.5 Å². The van der Waals surface area contributed by atoms with E-state index in [1.165, 1.54) is 0 Å². The molecule has 0 spiro atoms. The first-order valence-electron chi connectivity index (χ1n) is 14.0. The number of ether oxygens (including phenoxy) is 1. The minimum atomic E-state index is -4.68. The number of urea groups is 1. The molecule has 40 heavy (non-hydrogen) atoms. The molecular formula is C28H42F3N5O4. The highest BCUT2D eigenvalue weighted by atomic mass is 19.4. The van der Waals surface area contributed by atoms with Crippen LogP contribution in [0.1, 0.15) is 68.8 Å². The lowest BCUT2D eigenvalue weighted by Crippen LogP contribution is -2.52. The molecule has 2 fully saturated rings. The number of benzene rings is 1. The Morgan fingerprint density at radius 1 is 1.20 bits per heavy atom. The zero-order chi connectivity index (χ0) is 29.6. The van der Waals surface area contributed by atoms with E-state index in [0.29, 0.717) is 44.3 Å². The predicted molar refractivity (Wildman–Crippen MR) is 146 cm³/mol. The standard InChI is InChI=1S/C28H42F3N5O4/c1-6-32-27(39)34-22-9-7-19(28(29,30)31)16-21(22)25(37)33-23-11-13-36(26(23)38)24-10-8-20(35(4)17(2)3)15-18(24)12-14-40-5/h7,9,16-18,20,23-24H,6,8,10-15H2,1-5H3,(H,33,37)(H2,32,34,39)/t18-,20-,23?,24+/m1/s1. The Hall–Kier alpha value is -2.86. The van der Waals surface area contributed by atoms with E-state index in [4.69, 9.17) is 4.74 Å². The van der Waals surface area contributed by atoms with Gasteiger partial charge in [-0.1, -0.05) is 0 Å². The molecule has 1 aliphatic carbocycles. The summed E-state index contributed by atoms with van der Waals surface area (Å²) in [5, 5.41) is 7.55. The van der Waals surface area contributed by atoms with Gasteiger partial charge in [0.25, 0.3) is 5.91 Å². The Bertz CT molecular complexity index is 1050. The predicted octanol–water partition coefficient (Wildman–Crippen LogP) is 4.09. The average molecular weight is 570 g/mol. The lowest BCUT2D eigenvalue weighted by molar-refractivity contribution is -0.137. The minimum absolute atomic E-state index is 0.00453. The van der Waals surface area contributed by atoms with Crippen molar-refractivity contribution in [2.45, 2.75) is 83.2 Å². The van der Waals surface area contributed by atoms with E-state index in [1.807, 2.05) is 4.90 Å². The maximum Gasteiger partial charge on any atom is 0.416 e. The molecule has 1 aliphatic heterocycles. The largest absolute Gasteiger partial charge is 0.416 e. The van der Waals surface area contributed by atoms with Gasteiger partial charge in [-0.15, -0.1) is 0 Å². The first-order valence-corrected chi connectivity index (χ1v) is 14.0. The lowest BCUT2D eigenvalue weighted by atomic mass is 9.78. The molecule has 1 saturated carbocycles. The number of halogens is 3. The monoisotopic (exact) mass is 569 g/mol. The van der Waals surface area contributed by atoms with Gasteiger partial charge in [-0.25, -0.2) is 4.79 Å². The minimum Gasteiger partial charge on any atom is -0.385 e. The number of anilines is 1. The van der Waals surface area contributed by atoms with Crippen molar-refractivity contribution in [1.29, 1.82) is 0 Å². The summed E-state index contributed by atoms with van der Waals surface area (Å²) in [7, 11) is 3.78. The molecule has 9 nitrogen and oxygen atoms in total. The Labute approximate surface area is 234 Å². The molecule has 1 unspecified atom stereocenters. The smallest absolute Gasteiger partial charge is 0.385 e. The van der Waals surface area contributed by atoms with Crippen molar-refractivity contribution < 1.29 is 32.3 Å². The van der Waals surface area contributed by atoms with Crippen LogP contribution < -0.4 is 16.0 Å². The fraction of sp³-hybridized carbons (Fsp3) is 0.679. The molecule has 3 N–H and O–H groups in total. The summed E-state index contributed by atoms with van der Waals surface area (Å²) < 4.78 is 45.6. The van der Waals surface area contributed by atoms with Crippen LogP contribution in [0.25, 0.3) is 0 Å². The third-order valence-electron chi connectivity index (χ3n) is 8.12. The quantitative estimate of drug-likeness (QED) is 0.394. The van der Waals surface area contributed by atoms with Crippen molar-refractivity contribution >= 4 is 23.5 Å². The second-order valence-electron chi connectivity index (χ2n) is 10.9. The number of nitrogens with zero attached hydrogens (tertiary/aromatic N) is 2. The van der Waals surface area contributed by atoms with Gasteiger partial charge in [-0.2, -0.15) is 13.2 Å². The number of amides is 4. The molecule has 12 heteroatoms. The van der Waals surface area contributed by atoms with Crippen LogP contribution in [-0.4, -0.2) is 85.7 Å². The summed E-state index contributed by atoms with van der Waals surface area (Å²) in [4.78, 5) is 43.0. The number of carbonyl (C=O) groups excluding carboxylic acids is 3. The molecule has 1 aromatic rings. The van der Waals surface area contributed by atoms with Gasteiger partial charge in [0.2, 0.25) is 5.91 Å². The fourth-order valence-corrected chi connectivity index (χ4v) is 5.75. The fourth-order valence-electron chi connectivity index (χ4n) is 5.75. The molecule has 0 bridgehead atoms. The second kappa shape index (κ2) is 13.7. The van der Waals surface area contributed by atoms with Gasteiger partial charge >= 0.3 is 12.2 Å². The SMILES string of the molecule is CCNC(=O)Nc1ccc(C(F)(F)F)cc1C(=O)NC1CCN([C@H]2CC[C@@H](N(C)C(C)C)C[C@H]2CCOC)C1=O. The zero-order valence-electron chi connectivity index (χ0n) is 23.9. The molecule has 3 rings (SSSR count). The van der Waals surface area contributed by atoms with E-state index in [-0.39, 0.29) is 29.1 Å². The van der Waals surface area contributed by atoms with Crippen LogP contribution >= 0.6 is 0 Å². The van der Waals surface area contributed by atoms with Gasteiger partial charge in [0, 0.05) is 44.9 Å². The molecule has 1 saturated heterocycles. The van der Waals surface area contributed by atoms with E-state index >= 15 is 0 Å². The Morgan fingerprint density at radius 2 is 1.93 bits per heavy atom. The Morgan fingerprint density at radius 3 is 2.55 bits per heavy atom. The topological polar surface area (TPSA) is 103 Å². The molecule has 0 radical (unpaired) electrons. The number of nitrogens with one attached hydrogen (secondary N) is 3. The highest BCUT2D eigenvalue weighted by Gasteiger charge is 2.43. The number of alkyl halides is 3. The number of methoxy groups -OCH3 is 1. The van der Waals surface area contributed by atoms with Crippen molar-refractivity contribution in [2.24, 2.45) is 5.92 Å². The third-order valence-corrected chi connectivity index (χ3v) is 8.12. The summed E-state index contributed by atoms with van der Waals surface area (Å²) in [5.41, 5.74) is -1.46. The zero-order valence-corrected chi connectivity index (χ0v) is 23.9. The van der Waals surface area contributed by atoms with Crippen LogP contribution in [0, 0.1) is 5.92 Å². The van der Waals surface area contributed by atoms with Crippen molar-refractivity contribution in [3.05, 3.63) is 29.3 Å². The van der Waals surface area contributed by atoms with Gasteiger partial charge in [-0.05, 0) is 84.0 Å². The summed E-state index contributed by atoms with van der Waals surface area (Å²) in [6.07, 6.45) is -0.810. The van der Waals surface area contributed by atoms with E-state index in [2.05, 4.69) is 41.7 Å². The molecule has 4 amide bonds. The molecule has 1 heterocycles. The van der Waals surface area contributed by atoms with Crippen molar-refractivity contribution in [3.63, 3.8) is 0 Å². The number of rotatable bonds is 10. The summed E-state index contributed by atoms with van der Waals surface area (Å²) in [6, 6.07) is 1.84.